The van der Waals surface area contributed by atoms with Crippen LogP contribution in [0.4, 0.5) is 0 Å². The highest BCUT2D eigenvalue weighted by Crippen LogP contribution is 2.13. The van der Waals surface area contributed by atoms with E-state index in [1.807, 2.05) is 74.5 Å². The number of aromatic amines is 3. The molecule has 0 atom stereocenters. The summed E-state index contributed by atoms with van der Waals surface area (Å²) in [4.78, 5) is 62.2. The number of rotatable bonds is 5. The van der Waals surface area contributed by atoms with Crippen molar-refractivity contribution < 1.29 is 0 Å². The summed E-state index contributed by atoms with van der Waals surface area (Å²) in [6, 6.07) is 19.5. The second-order valence-electron chi connectivity index (χ2n) is 10.2. The highest BCUT2D eigenvalue weighted by Gasteiger charge is 2.15. The lowest BCUT2D eigenvalue weighted by molar-refractivity contribution is 0.580. The second-order valence-corrected chi connectivity index (χ2v) is 12.7. The van der Waals surface area contributed by atoms with Crippen LogP contribution in [0.1, 0.15) is 44.9 Å². The minimum absolute atomic E-state index is 0.0723. The first-order chi connectivity index (χ1) is 20.5. The predicted molar refractivity (Wildman–Crippen MR) is 176 cm³/mol. The molecule has 0 saturated heterocycles. The first kappa shape index (κ1) is 31.4. The van der Waals surface area contributed by atoms with Gasteiger partial charge in [-0.05, 0) is 25.0 Å². The van der Waals surface area contributed by atoms with Crippen molar-refractivity contribution in [3.05, 3.63) is 126 Å². The molecule has 13 heteroatoms. The largest absolute Gasteiger partial charge is 0.330 e. The lowest BCUT2D eigenvalue weighted by atomic mass is 10.2. The standard InChI is InChI=1S/C15H16N4O2.C12H10N4O2.C3H7I/c1-10(2)19-13-12(14(20)17-15(19)21)18(9-16-13)8-11-6-4-3-5-7-11;17-11-9-10(14-12(18)15-11)13-7-16(9)6-8-4-2-1-3-5-8;1-3(2)4/h3-7,9-10H,8H2,1-2H3,(H,17,20,21);1-5,7H,6H2,(H2,14,15,17,18);3H,1-2H3. The smallest absolute Gasteiger partial charge is 0.320 e. The molecule has 4 heterocycles. The molecule has 6 aromatic rings. The van der Waals surface area contributed by atoms with E-state index in [-0.39, 0.29) is 6.04 Å². The Hall–Kier alpha value is -4.53. The molecule has 224 valence electrons. The van der Waals surface area contributed by atoms with Crippen LogP contribution >= 0.6 is 22.6 Å². The zero-order valence-electron chi connectivity index (χ0n) is 24.2. The molecule has 12 nitrogen and oxygen atoms in total. The Kier molecular flexibility index (Phi) is 10.3. The van der Waals surface area contributed by atoms with Gasteiger partial charge < -0.3 is 9.13 Å². The van der Waals surface area contributed by atoms with Gasteiger partial charge in [0.1, 0.15) is 0 Å². The molecule has 4 aromatic heterocycles. The fourth-order valence-electron chi connectivity index (χ4n) is 4.38. The van der Waals surface area contributed by atoms with Gasteiger partial charge in [0.2, 0.25) is 0 Å². The number of fused-ring (bicyclic) bond motifs is 2. The number of H-pyrrole nitrogens is 3. The number of halogens is 1. The number of hydrogen-bond acceptors (Lipinski definition) is 6. The molecule has 0 aliphatic rings. The van der Waals surface area contributed by atoms with E-state index >= 15 is 0 Å². The van der Waals surface area contributed by atoms with Crippen LogP contribution in [0.25, 0.3) is 22.3 Å². The zero-order valence-corrected chi connectivity index (χ0v) is 26.4. The summed E-state index contributed by atoms with van der Waals surface area (Å²) in [5.74, 6) is 0. The van der Waals surface area contributed by atoms with E-state index in [4.69, 9.17) is 0 Å². The zero-order chi connectivity index (χ0) is 31.1. The quantitative estimate of drug-likeness (QED) is 0.184. The third-order valence-electron chi connectivity index (χ3n) is 6.12. The SMILES string of the molecule is CC(C)I.CC(C)n1c(=O)[nH]c(=O)c2c1ncn2Cc1ccccc1.O=c1[nH]c(=O)c2c(ncn2Cc2ccccc2)[nH]1. The molecule has 43 heavy (non-hydrogen) atoms. The second kappa shape index (κ2) is 14.1. The van der Waals surface area contributed by atoms with Crippen LogP contribution in [0.2, 0.25) is 0 Å². The summed E-state index contributed by atoms with van der Waals surface area (Å²) < 4.78 is 5.78. The Morgan fingerprint density at radius 3 is 1.72 bits per heavy atom. The summed E-state index contributed by atoms with van der Waals surface area (Å²) in [6.07, 6.45) is 3.15. The van der Waals surface area contributed by atoms with Crippen molar-refractivity contribution in [3.8, 4) is 0 Å². The van der Waals surface area contributed by atoms with Crippen LogP contribution in [0.15, 0.2) is 92.5 Å². The molecule has 0 aliphatic heterocycles. The minimum atomic E-state index is -0.544. The van der Waals surface area contributed by atoms with Crippen molar-refractivity contribution in [3.63, 3.8) is 0 Å². The molecule has 0 amide bonds. The van der Waals surface area contributed by atoms with Crippen LogP contribution in [0, 0.1) is 0 Å². The number of nitrogens with one attached hydrogen (secondary N) is 3. The Morgan fingerprint density at radius 1 is 0.698 bits per heavy atom. The van der Waals surface area contributed by atoms with Crippen molar-refractivity contribution in [2.75, 3.05) is 0 Å². The van der Waals surface area contributed by atoms with Gasteiger partial charge in [-0.2, -0.15) is 0 Å². The lowest BCUT2D eigenvalue weighted by Crippen LogP contribution is -2.32. The van der Waals surface area contributed by atoms with E-state index < -0.39 is 22.5 Å². The van der Waals surface area contributed by atoms with Gasteiger partial charge in [0.25, 0.3) is 11.1 Å². The Bertz CT molecular complexity index is 2030. The number of hydrogen-bond donors (Lipinski definition) is 3. The first-order valence-electron chi connectivity index (χ1n) is 13.6. The molecule has 0 spiro atoms. The monoisotopic (exact) mass is 696 g/mol. The van der Waals surface area contributed by atoms with Gasteiger partial charge in [-0.15, -0.1) is 0 Å². The maximum atomic E-state index is 12.1. The molecule has 3 N–H and O–H groups in total. The van der Waals surface area contributed by atoms with Gasteiger partial charge >= 0.3 is 11.4 Å². The van der Waals surface area contributed by atoms with E-state index in [9.17, 15) is 19.2 Å². The lowest BCUT2D eigenvalue weighted by Gasteiger charge is -2.10. The van der Waals surface area contributed by atoms with Gasteiger partial charge in [0.05, 0.1) is 12.7 Å². The molecule has 0 bridgehead atoms. The summed E-state index contributed by atoms with van der Waals surface area (Å²) in [5, 5.41) is 0. The molecule has 0 unspecified atom stereocenters. The molecular weight excluding hydrogens is 663 g/mol. The van der Waals surface area contributed by atoms with E-state index in [2.05, 4.69) is 61.4 Å². The normalized spacial score (nSPS) is 11.0. The molecule has 6 rings (SSSR count). The van der Waals surface area contributed by atoms with Gasteiger partial charge in [-0.3, -0.25) is 29.1 Å². The van der Waals surface area contributed by atoms with Crippen molar-refractivity contribution in [2.24, 2.45) is 0 Å². The van der Waals surface area contributed by atoms with Crippen molar-refractivity contribution in [2.45, 2.75) is 50.8 Å². The van der Waals surface area contributed by atoms with E-state index in [0.29, 0.717) is 35.4 Å². The third-order valence-corrected chi connectivity index (χ3v) is 6.12. The summed E-state index contributed by atoms with van der Waals surface area (Å²) in [7, 11) is 0. The first-order valence-corrected chi connectivity index (χ1v) is 14.9. The van der Waals surface area contributed by atoms with Crippen molar-refractivity contribution in [1.29, 1.82) is 0 Å². The number of benzene rings is 2. The van der Waals surface area contributed by atoms with E-state index in [1.54, 1.807) is 21.8 Å². The maximum Gasteiger partial charge on any atom is 0.330 e. The van der Waals surface area contributed by atoms with E-state index in [0.717, 1.165) is 15.1 Å². The molecule has 0 saturated carbocycles. The molecule has 2 aromatic carbocycles. The van der Waals surface area contributed by atoms with Crippen LogP contribution in [-0.2, 0) is 13.1 Å². The molecule has 0 aliphatic carbocycles. The third kappa shape index (κ3) is 7.85. The summed E-state index contributed by atoms with van der Waals surface area (Å²) >= 11 is 2.34. The van der Waals surface area contributed by atoms with Crippen LogP contribution < -0.4 is 22.5 Å². The van der Waals surface area contributed by atoms with Gasteiger partial charge in [0.15, 0.2) is 22.3 Å². The minimum Gasteiger partial charge on any atom is -0.320 e. The Labute approximate surface area is 259 Å². The van der Waals surface area contributed by atoms with Crippen LogP contribution in [-0.4, -0.2) is 42.5 Å². The predicted octanol–water partition coefficient (Wildman–Crippen LogP) is 3.81. The van der Waals surface area contributed by atoms with Crippen molar-refractivity contribution >= 4 is 44.9 Å². The fourth-order valence-corrected chi connectivity index (χ4v) is 4.38. The number of aromatic nitrogens is 8. The average Bonchev–Trinajstić information content (AvgIpc) is 3.54. The Morgan fingerprint density at radius 2 is 1.19 bits per heavy atom. The highest BCUT2D eigenvalue weighted by molar-refractivity contribution is 14.1. The van der Waals surface area contributed by atoms with Crippen molar-refractivity contribution in [1.82, 2.24) is 38.6 Å². The van der Waals surface area contributed by atoms with Gasteiger partial charge in [-0.25, -0.2) is 19.6 Å². The summed E-state index contributed by atoms with van der Waals surface area (Å²) in [6.45, 7) is 9.15. The number of alkyl halides is 1. The topological polar surface area (TPSA) is 156 Å². The van der Waals surface area contributed by atoms with Crippen LogP contribution in [0.5, 0.6) is 0 Å². The van der Waals surface area contributed by atoms with Gasteiger partial charge in [-0.1, -0.05) is 97.1 Å². The highest BCUT2D eigenvalue weighted by atomic mass is 127. The maximum absolute atomic E-state index is 12.1. The molecule has 0 fully saturated rings. The average molecular weight is 697 g/mol. The summed E-state index contributed by atoms with van der Waals surface area (Å²) in [5.41, 5.74) is 1.85. The Balaban J connectivity index is 0.000000177. The van der Waals surface area contributed by atoms with Crippen LogP contribution in [0.3, 0.4) is 0 Å². The van der Waals surface area contributed by atoms with E-state index in [1.165, 1.54) is 4.57 Å². The fraction of sp³-hybridized carbons (Fsp3) is 0.267. The number of imidazole rings is 2. The number of nitrogens with zero attached hydrogens (tertiary/aromatic N) is 5. The van der Waals surface area contributed by atoms with Gasteiger partial charge in [0, 0.05) is 23.1 Å². The molecular formula is C30H33IN8O4. The molecule has 0 radical (unpaired) electrons.